The van der Waals surface area contributed by atoms with Crippen LogP contribution in [0.15, 0.2) is 36.4 Å². The van der Waals surface area contributed by atoms with Crippen LogP contribution in [0.4, 0.5) is 5.69 Å². The van der Waals surface area contributed by atoms with E-state index in [-0.39, 0.29) is 17.7 Å². The average Bonchev–Trinajstić information content (AvgIpc) is 3.42. The second-order valence-electron chi connectivity index (χ2n) is 8.09. The highest BCUT2D eigenvalue weighted by molar-refractivity contribution is 7.08. The van der Waals surface area contributed by atoms with Gasteiger partial charge in [0.05, 0.1) is 30.1 Å². The van der Waals surface area contributed by atoms with Crippen molar-refractivity contribution in [2.45, 2.75) is 25.4 Å². The Labute approximate surface area is 204 Å². The lowest BCUT2D eigenvalue weighted by Gasteiger charge is -2.24. The van der Waals surface area contributed by atoms with Gasteiger partial charge >= 0.3 is 0 Å². The summed E-state index contributed by atoms with van der Waals surface area (Å²) >= 11 is 7.18. The molecule has 2 N–H and O–H groups in total. The summed E-state index contributed by atoms with van der Waals surface area (Å²) in [5.41, 5.74) is 2.77. The van der Waals surface area contributed by atoms with Crippen molar-refractivity contribution in [3.05, 3.63) is 57.6 Å². The summed E-state index contributed by atoms with van der Waals surface area (Å²) in [4.78, 5) is 41.3. The predicted molar refractivity (Wildman–Crippen MR) is 127 cm³/mol. The Morgan fingerprint density at radius 2 is 2.06 bits per heavy atom. The number of anilines is 1. The van der Waals surface area contributed by atoms with E-state index >= 15 is 0 Å². The third-order valence-corrected chi connectivity index (χ3v) is 7.14. The van der Waals surface area contributed by atoms with E-state index < -0.39 is 12.1 Å². The lowest BCUT2D eigenvalue weighted by molar-refractivity contribution is -0.120. The minimum Gasteiger partial charge on any atom is -0.496 e. The topological polar surface area (TPSA) is 114 Å². The van der Waals surface area contributed by atoms with E-state index in [4.69, 9.17) is 16.3 Å². The molecule has 2 aromatic carbocycles. The van der Waals surface area contributed by atoms with Gasteiger partial charge in [0.25, 0.3) is 11.8 Å². The molecule has 11 heteroatoms. The molecule has 0 spiro atoms. The first-order valence-electron chi connectivity index (χ1n) is 10.6. The van der Waals surface area contributed by atoms with Gasteiger partial charge in [0.1, 0.15) is 16.7 Å². The van der Waals surface area contributed by atoms with Crippen LogP contribution >= 0.6 is 23.1 Å². The van der Waals surface area contributed by atoms with Crippen molar-refractivity contribution >= 4 is 46.5 Å². The Kier molecular flexibility index (Phi) is 5.70. The molecule has 2 atom stereocenters. The number of nitrogens with zero attached hydrogens (tertiary/aromatic N) is 3. The molecule has 3 aromatic rings. The number of nitrogens with one attached hydrogen (secondary N) is 2. The number of fused-ring (bicyclic) bond motifs is 2. The SMILES string of the molecule is COc1ccc(Cl)cc1-c1ccc2c(c1)C(=O)N1CC[C@@H](NC(=O)c3snnc3C)[C@H]1C(=O)N2. The zero-order valence-electron chi connectivity index (χ0n) is 18.3. The summed E-state index contributed by atoms with van der Waals surface area (Å²) in [5, 5.41) is 10.1. The van der Waals surface area contributed by atoms with Crippen LogP contribution in [0.25, 0.3) is 11.1 Å². The van der Waals surface area contributed by atoms with Gasteiger partial charge in [-0.15, -0.1) is 5.10 Å². The molecule has 1 saturated heterocycles. The number of hydrogen-bond acceptors (Lipinski definition) is 7. The van der Waals surface area contributed by atoms with Crippen molar-refractivity contribution in [3.63, 3.8) is 0 Å². The van der Waals surface area contributed by atoms with E-state index in [0.717, 1.165) is 22.7 Å². The first kappa shape index (κ1) is 22.3. The van der Waals surface area contributed by atoms with Crippen molar-refractivity contribution in [2.24, 2.45) is 0 Å². The molecule has 9 nitrogen and oxygen atoms in total. The lowest BCUT2D eigenvalue weighted by atomic mass is 10.0. The smallest absolute Gasteiger partial charge is 0.265 e. The van der Waals surface area contributed by atoms with Crippen LogP contribution in [-0.2, 0) is 4.79 Å². The Bertz CT molecular complexity index is 1330. The fourth-order valence-corrected chi connectivity index (χ4v) is 5.17. The van der Waals surface area contributed by atoms with Crippen LogP contribution in [0.2, 0.25) is 5.02 Å². The molecule has 3 heterocycles. The van der Waals surface area contributed by atoms with Gasteiger partial charge in [-0.05, 0) is 60.8 Å². The molecular formula is C23H20ClN5O4S. The molecule has 1 aromatic heterocycles. The molecule has 0 unspecified atom stereocenters. The quantitative estimate of drug-likeness (QED) is 0.572. The molecule has 3 amide bonds. The number of carbonyl (C=O) groups excluding carboxylic acids is 3. The number of halogens is 1. The highest BCUT2D eigenvalue weighted by Crippen LogP contribution is 2.36. The standard InChI is InChI=1S/C23H20ClN5O4S/c1-11-20(34-28-27-11)22(31)26-17-7-8-29-19(17)21(30)25-16-5-3-12(9-15(16)23(29)32)14-10-13(24)4-6-18(14)33-2/h3-6,9-10,17,19H,7-8H2,1-2H3,(H,25,30)(H,26,31)/t17-,19+/m1/s1. The normalized spacial score (nSPS) is 19.2. The Morgan fingerprint density at radius 1 is 1.24 bits per heavy atom. The van der Waals surface area contributed by atoms with Crippen LogP contribution in [0.1, 0.15) is 32.1 Å². The summed E-state index contributed by atoms with van der Waals surface area (Å²) in [7, 11) is 1.56. The number of aryl methyl sites for hydroxylation is 1. The fourth-order valence-electron chi connectivity index (χ4n) is 4.43. The Morgan fingerprint density at radius 3 is 2.79 bits per heavy atom. The first-order chi connectivity index (χ1) is 16.4. The van der Waals surface area contributed by atoms with Crippen molar-refractivity contribution in [1.82, 2.24) is 19.8 Å². The summed E-state index contributed by atoms with van der Waals surface area (Å²) in [6, 6.07) is 9.13. The van der Waals surface area contributed by atoms with Crippen molar-refractivity contribution < 1.29 is 19.1 Å². The molecule has 34 heavy (non-hydrogen) atoms. The van der Waals surface area contributed by atoms with E-state index in [0.29, 0.717) is 45.6 Å². The maximum absolute atomic E-state index is 13.5. The number of methoxy groups -OCH3 is 1. The van der Waals surface area contributed by atoms with Crippen LogP contribution < -0.4 is 15.4 Å². The summed E-state index contributed by atoms with van der Waals surface area (Å²) in [6.45, 7) is 2.04. The highest BCUT2D eigenvalue weighted by atomic mass is 35.5. The van der Waals surface area contributed by atoms with Gasteiger partial charge in [0.15, 0.2) is 0 Å². The average molecular weight is 498 g/mol. The van der Waals surface area contributed by atoms with Crippen molar-refractivity contribution in [2.75, 3.05) is 19.0 Å². The van der Waals surface area contributed by atoms with E-state index in [1.54, 1.807) is 50.4 Å². The minimum atomic E-state index is -0.825. The Balaban J connectivity index is 1.46. The Hall–Kier alpha value is -3.50. The molecule has 0 radical (unpaired) electrons. The van der Waals surface area contributed by atoms with E-state index in [9.17, 15) is 14.4 Å². The van der Waals surface area contributed by atoms with Gasteiger partial charge < -0.3 is 20.3 Å². The molecule has 2 aliphatic rings. The third-order valence-electron chi connectivity index (χ3n) is 6.08. The molecule has 0 saturated carbocycles. The molecule has 174 valence electrons. The minimum absolute atomic E-state index is 0.284. The monoisotopic (exact) mass is 497 g/mol. The van der Waals surface area contributed by atoms with Gasteiger partial charge in [0, 0.05) is 17.1 Å². The number of benzene rings is 2. The van der Waals surface area contributed by atoms with Crippen LogP contribution in [0.5, 0.6) is 5.75 Å². The zero-order valence-corrected chi connectivity index (χ0v) is 19.9. The van der Waals surface area contributed by atoms with Crippen molar-refractivity contribution in [1.29, 1.82) is 0 Å². The number of ether oxygens (including phenoxy) is 1. The van der Waals surface area contributed by atoms with Gasteiger partial charge in [0.2, 0.25) is 5.91 Å². The van der Waals surface area contributed by atoms with Gasteiger partial charge in [-0.1, -0.05) is 22.2 Å². The highest BCUT2D eigenvalue weighted by Gasteiger charge is 2.45. The number of carbonyl (C=O) groups is 3. The van der Waals surface area contributed by atoms with E-state index in [1.807, 2.05) is 0 Å². The number of hydrogen-bond donors (Lipinski definition) is 2. The summed E-state index contributed by atoms with van der Waals surface area (Å²) in [6.07, 6.45) is 0.456. The lowest BCUT2D eigenvalue weighted by Crippen LogP contribution is -2.51. The molecule has 5 rings (SSSR count). The molecule has 1 fully saturated rings. The number of amides is 3. The maximum atomic E-state index is 13.5. The summed E-state index contributed by atoms with van der Waals surface area (Å²) in [5.74, 6) is -0.364. The van der Waals surface area contributed by atoms with E-state index in [1.165, 1.54) is 4.90 Å². The molecule has 0 bridgehead atoms. The molecule has 2 aliphatic heterocycles. The summed E-state index contributed by atoms with van der Waals surface area (Å²) < 4.78 is 9.24. The number of aromatic nitrogens is 2. The van der Waals surface area contributed by atoms with Crippen LogP contribution in [0.3, 0.4) is 0 Å². The van der Waals surface area contributed by atoms with E-state index in [2.05, 4.69) is 20.2 Å². The molecular weight excluding hydrogens is 478 g/mol. The second kappa shape index (κ2) is 8.69. The van der Waals surface area contributed by atoms with Crippen molar-refractivity contribution in [3.8, 4) is 16.9 Å². The van der Waals surface area contributed by atoms with Gasteiger partial charge in [-0.25, -0.2) is 0 Å². The maximum Gasteiger partial charge on any atom is 0.265 e. The largest absolute Gasteiger partial charge is 0.496 e. The predicted octanol–water partition coefficient (Wildman–Crippen LogP) is 3.14. The zero-order chi connectivity index (χ0) is 24.0. The van der Waals surface area contributed by atoms with Crippen LogP contribution in [0, 0.1) is 6.92 Å². The van der Waals surface area contributed by atoms with Crippen LogP contribution in [-0.4, -0.2) is 57.9 Å². The first-order valence-corrected chi connectivity index (χ1v) is 11.7. The fraction of sp³-hybridized carbons (Fsp3) is 0.261. The molecule has 0 aliphatic carbocycles. The second-order valence-corrected chi connectivity index (χ2v) is 9.28. The third kappa shape index (κ3) is 3.78. The van der Waals surface area contributed by atoms with Gasteiger partial charge in [-0.3, -0.25) is 14.4 Å². The number of rotatable bonds is 4. The van der Waals surface area contributed by atoms with Gasteiger partial charge in [-0.2, -0.15) is 0 Å².